The van der Waals surface area contributed by atoms with E-state index in [1.807, 2.05) is 7.05 Å². The lowest BCUT2D eigenvalue weighted by molar-refractivity contribution is -0.0416. The average Bonchev–Trinajstić information content (AvgIpc) is 1.88. The highest BCUT2D eigenvalue weighted by Gasteiger charge is 2.23. The minimum absolute atomic E-state index is 0.189. The Morgan fingerprint density at radius 3 is 2.80 bits per heavy atom. The maximum atomic E-state index is 9.23. The summed E-state index contributed by atoms with van der Waals surface area (Å²) in [4.78, 5) is 2.13. The fourth-order valence-corrected chi connectivity index (χ4v) is 1.21. The zero-order valence-corrected chi connectivity index (χ0v) is 6.58. The van der Waals surface area contributed by atoms with Crippen molar-refractivity contribution in [3.8, 4) is 0 Å². The SMILES string of the molecule is C[C@H](O)[C@@H]1COCCN1C. The van der Waals surface area contributed by atoms with Crippen molar-refractivity contribution >= 4 is 0 Å². The molecule has 0 radical (unpaired) electrons. The summed E-state index contributed by atoms with van der Waals surface area (Å²) in [5, 5.41) is 9.23. The second-order valence-corrected chi connectivity index (χ2v) is 2.86. The molecule has 60 valence electrons. The van der Waals surface area contributed by atoms with E-state index >= 15 is 0 Å². The van der Waals surface area contributed by atoms with Crippen LogP contribution < -0.4 is 0 Å². The Morgan fingerprint density at radius 2 is 2.40 bits per heavy atom. The van der Waals surface area contributed by atoms with Crippen LogP contribution in [0.3, 0.4) is 0 Å². The number of ether oxygens (including phenoxy) is 1. The highest BCUT2D eigenvalue weighted by molar-refractivity contribution is 4.76. The molecule has 1 rings (SSSR count). The van der Waals surface area contributed by atoms with Gasteiger partial charge in [0.05, 0.1) is 25.4 Å². The molecule has 0 aromatic heterocycles. The lowest BCUT2D eigenvalue weighted by atomic mass is 10.1. The summed E-state index contributed by atoms with van der Waals surface area (Å²) in [6.07, 6.45) is -0.287. The van der Waals surface area contributed by atoms with Crippen LogP contribution in [0.2, 0.25) is 0 Å². The van der Waals surface area contributed by atoms with Gasteiger partial charge in [-0.15, -0.1) is 0 Å². The second-order valence-electron chi connectivity index (χ2n) is 2.86. The summed E-state index contributed by atoms with van der Waals surface area (Å²) >= 11 is 0. The van der Waals surface area contributed by atoms with Crippen molar-refractivity contribution in [1.82, 2.24) is 4.90 Å². The van der Waals surface area contributed by atoms with Gasteiger partial charge in [0.2, 0.25) is 0 Å². The third-order valence-electron chi connectivity index (χ3n) is 2.00. The quantitative estimate of drug-likeness (QED) is 0.550. The predicted molar refractivity (Wildman–Crippen MR) is 38.9 cm³/mol. The van der Waals surface area contributed by atoms with Crippen LogP contribution >= 0.6 is 0 Å². The molecule has 2 atom stereocenters. The first-order chi connectivity index (χ1) is 4.72. The summed E-state index contributed by atoms with van der Waals surface area (Å²) in [6.45, 7) is 4.18. The third-order valence-corrected chi connectivity index (χ3v) is 2.00. The summed E-state index contributed by atoms with van der Waals surface area (Å²) < 4.78 is 5.21. The molecule has 0 saturated carbocycles. The van der Waals surface area contributed by atoms with Gasteiger partial charge in [0.25, 0.3) is 0 Å². The Morgan fingerprint density at radius 1 is 1.70 bits per heavy atom. The fraction of sp³-hybridized carbons (Fsp3) is 1.00. The van der Waals surface area contributed by atoms with Gasteiger partial charge in [0.1, 0.15) is 0 Å². The number of aliphatic hydroxyl groups excluding tert-OH is 1. The van der Waals surface area contributed by atoms with Crippen LogP contribution in [0, 0.1) is 0 Å². The van der Waals surface area contributed by atoms with Gasteiger partial charge < -0.3 is 9.84 Å². The van der Waals surface area contributed by atoms with Crippen LogP contribution in [-0.2, 0) is 4.74 Å². The molecule has 1 saturated heterocycles. The van der Waals surface area contributed by atoms with E-state index in [4.69, 9.17) is 4.74 Å². The largest absolute Gasteiger partial charge is 0.392 e. The molecule has 1 aliphatic heterocycles. The van der Waals surface area contributed by atoms with Crippen molar-refractivity contribution in [3.63, 3.8) is 0 Å². The Bertz CT molecular complexity index is 106. The zero-order chi connectivity index (χ0) is 7.56. The molecular formula is C7H15NO2. The topological polar surface area (TPSA) is 32.7 Å². The summed E-state index contributed by atoms with van der Waals surface area (Å²) in [7, 11) is 2.01. The van der Waals surface area contributed by atoms with Gasteiger partial charge in [-0.1, -0.05) is 0 Å². The van der Waals surface area contributed by atoms with E-state index in [0.29, 0.717) is 6.61 Å². The first-order valence-corrected chi connectivity index (χ1v) is 3.68. The Balaban J connectivity index is 2.40. The van der Waals surface area contributed by atoms with E-state index in [9.17, 15) is 5.11 Å². The van der Waals surface area contributed by atoms with Crippen LogP contribution in [0.1, 0.15) is 6.92 Å². The fourth-order valence-electron chi connectivity index (χ4n) is 1.21. The number of nitrogens with zero attached hydrogens (tertiary/aromatic N) is 1. The van der Waals surface area contributed by atoms with Gasteiger partial charge in [-0.05, 0) is 14.0 Å². The van der Waals surface area contributed by atoms with Crippen LogP contribution in [0.25, 0.3) is 0 Å². The molecule has 0 unspecified atom stereocenters. The van der Waals surface area contributed by atoms with Gasteiger partial charge in [-0.25, -0.2) is 0 Å². The van der Waals surface area contributed by atoms with Gasteiger partial charge in [0.15, 0.2) is 0 Å². The van der Waals surface area contributed by atoms with Crippen molar-refractivity contribution in [1.29, 1.82) is 0 Å². The van der Waals surface area contributed by atoms with E-state index in [2.05, 4.69) is 4.90 Å². The first-order valence-electron chi connectivity index (χ1n) is 3.68. The van der Waals surface area contributed by atoms with Crippen molar-refractivity contribution < 1.29 is 9.84 Å². The molecule has 0 aromatic rings. The molecule has 1 N–H and O–H groups in total. The second kappa shape index (κ2) is 3.32. The highest BCUT2D eigenvalue weighted by atomic mass is 16.5. The van der Waals surface area contributed by atoms with E-state index in [1.54, 1.807) is 6.92 Å². The minimum atomic E-state index is -0.287. The number of morpholine rings is 1. The number of rotatable bonds is 1. The van der Waals surface area contributed by atoms with Crippen LogP contribution in [-0.4, -0.2) is 49.0 Å². The minimum Gasteiger partial charge on any atom is -0.392 e. The van der Waals surface area contributed by atoms with Crippen molar-refractivity contribution in [2.24, 2.45) is 0 Å². The normalized spacial score (nSPS) is 32.1. The van der Waals surface area contributed by atoms with E-state index in [-0.39, 0.29) is 12.1 Å². The van der Waals surface area contributed by atoms with E-state index < -0.39 is 0 Å². The monoisotopic (exact) mass is 145 g/mol. The van der Waals surface area contributed by atoms with Crippen LogP contribution in [0.5, 0.6) is 0 Å². The molecule has 3 heteroatoms. The average molecular weight is 145 g/mol. The van der Waals surface area contributed by atoms with Crippen LogP contribution in [0.4, 0.5) is 0 Å². The Kier molecular flexibility index (Phi) is 2.65. The smallest absolute Gasteiger partial charge is 0.0689 e. The molecule has 1 aliphatic rings. The maximum absolute atomic E-state index is 9.23. The lowest BCUT2D eigenvalue weighted by Gasteiger charge is -2.34. The van der Waals surface area contributed by atoms with E-state index in [0.717, 1.165) is 13.2 Å². The highest BCUT2D eigenvalue weighted by Crippen LogP contribution is 2.07. The summed E-state index contributed by atoms with van der Waals surface area (Å²) in [6, 6.07) is 0.189. The third kappa shape index (κ3) is 1.68. The van der Waals surface area contributed by atoms with E-state index in [1.165, 1.54) is 0 Å². The predicted octanol–water partition coefficient (Wildman–Crippen LogP) is -0.302. The Hall–Kier alpha value is -0.120. The number of hydrogen-bond acceptors (Lipinski definition) is 3. The molecular weight excluding hydrogens is 130 g/mol. The van der Waals surface area contributed by atoms with Gasteiger partial charge in [-0.2, -0.15) is 0 Å². The van der Waals surface area contributed by atoms with Crippen molar-refractivity contribution in [2.45, 2.75) is 19.1 Å². The standard InChI is InChI=1S/C7H15NO2/c1-6(9)7-5-10-4-3-8(7)2/h6-7,9H,3-5H2,1-2H3/t6-,7-/m0/s1. The molecule has 1 heterocycles. The molecule has 10 heavy (non-hydrogen) atoms. The molecule has 0 aliphatic carbocycles. The summed E-state index contributed by atoms with van der Waals surface area (Å²) in [5.74, 6) is 0. The molecule has 0 bridgehead atoms. The first kappa shape index (κ1) is 7.98. The number of hydrogen-bond donors (Lipinski definition) is 1. The lowest BCUT2D eigenvalue weighted by Crippen LogP contribution is -2.48. The summed E-state index contributed by atoms with van der Waals surface area (Å²) in [5.41, 5.74) is 0. The van der Waals surface area contributed by atoms with Gasteiger partial charge >= 0.3 is 0 Å². The van der Waals surface area contributed by atoms with Gasteiger partial charge in [0, 0.05) is 6.54 Å². The molecule has 3 nitrogen and oxygen atoms in total. The van der Waals surface area contributed by atoms with Crippen molar-refractivity contribution in [3.05, 3.63) is 0 Å². The molecule has 0 aromatic carbocycles. The zero-order valence-electron chi connectivity index (χ0n) is 6.58. The Labute approximate surface area is 61.6 Å². The number of aliphatic hydroxyl groups is 1. The number of likely N-dealkylation sites (N-methyl/N-ethyl adjacent to an activating group) is 1. The molecule has 0 amide bonds. The molecule has 0 spiro atoms. The van der Waals surface area contributed by atoms with Crippen LogP contribution in [0.15, 0.2) is 0 Å². The molecule has 1 fully saturated rings. The van der Waals surface area contributed by atoms with Crippen molar-refractivity contribution in [2.75, 3.05) is 26.8 Å². The van der Waals surface area contributed by atoms with Gasteiger partial charge in [-0.3, -0.25) is 4.90 Å². The maximum Gasteiger partial charge on any atom is 0.0689 e.